The van der Waals surface area contributed by atoms with Gasteiger partial charge in [0.05, 0.1) is 10.5 Å². The van der Waals surface area contributed by atoms with Crippen LogP contribution in [0.4, 0.5) is 21.6 Å². The summed E-state index contributed by atoms with van der Waals surface area (Å²) in [5.41, 5.74) is 2.79. The van der Waals surface area contributed by atoms with Gasteiger partial charge in [0.1, 0.15) is 36.6 Å². The van der Waals surface area contributed by atoms with Crippen LogP contribution in [0.15, 0.2) is 78.6 Å². The van der Waals surface area contributed by atoms with Crippen molar-refractivity contribution < 1.29 is 23.5 Å². The Kier molecular flexibility index (Phi) is 9.37. The molecule has 0 fully saturated rings. The van der Waals surface area contributed by atoms with Gasteiger partial charge in [-0.25, -0.2) is 14.4 Å². The van der Waals surface area contributed by atoms with Crippen LogP contribution in [0.25, 0.3) is 10.9 Å². The van der Waals surface area contributed by atoms with Gasteiger partial charge in [0.25, 0.3) is 0 Å². The second-order valence-corrected chi connectivity index (χ2v) is 9.15. The Hall–Kier alpha value is -4.83. The highest BCUT2D eigenvalue weighted by Crippen LogP contribution is 2.31. The lowest BCUT2D eigenvalue weighted by atomic mass is 10.2. The van der Waals surface area contributed by atoms with Crippen molar-refractivity contribution in [3.05, 3.63) is 95.0 Å². The van der Waals surface area contributed by atoms with Gasteiger partial charge in [-0.2, -0.15) is 0 Å². The van der Waals surface area contributed by atoms with E-state index < -0.39 is 5.91 Å². The van der Waals surface area contributed by atoms with Crippen LogP contribution in [-0.4, -0.2) is 34.6 Å². The third-order valence-electron chi connectivity index (χ3n) is 5.59. The van der Waals surface area contributed by atoms with Gasteiger partial charge in [0.2, 0.25) is 11.8 Å². The van der Waals surface area contributed by atoms with Crippen molar-refractivity contribution in [3.63, 3.8) is 0 Å². The molecule has 9 nitrogen and oxygen atoms in total. The Morgan fingerprint density at radius 1 is 1.05 bits per heavy atom. The van der Waals surface area contributed by atoms with E-state index in [0.717, 1.165) is 0 Å². The van der Waals surface area contributed by atoms with Crippen molar-refractivity contribution in [2.45, 2.75) is 20.0 Å². The first kappa shape index (κ1) is 28.2. The normalized spacial score (nSPS) is 11.1. The summed E-state index contributed by atoms with van der Waals surface area (Å²) in [4.78, 5) is 43.3. The van der Waals surface area contributed by atoms with Crippen LogP contribution in [0.5, 0.6) is 5.75 Å². The first-order chi connectivity index (χ1) is 19.3. The van der Waals surface area contributed by atoms with Crippen molar-refractivity contribution in [1.29, 1.82) is 0 Å². The molecule has 1 heterocycles. The molecule has 1 aromatic heterocycles. The Labute approximate surface area is 234 Å². The minimum Gasteiger partial charge on any atom is -0.487 e. The van der Waals surface area contributed by atoms with E-state index in [1.165, 1.54) is 31.5 Å². The minimum atomic E-state index is -0.442. The SMILES string of the molecule is CC(C=O)=CC(=O)NCCC(=O)Nc1ccc2ncnc(Nc3ccc(OCc4cccc(F)c4)c(Cl)c3)c2c1. The second kappa shape index (κ2) is 13.3. The summed E-state index contributed by atoms with van der Waals surface area (Å²) in [6.07, 6.45) is 3.21. The highest BCUT2D eigenvalue weighted by atomic mass is 35.5. The zero-order valence-corrected chi connectivity index (χ0v) is 22.2. The summed E-state index contributed by atoms with van der Waals surface area (Å²) in [7, 11) is 0. The van der Waals surface area contributed by atoms with Crippen LogP contribution in [0.3, 0.4) is 0 Å². The maximum atomic E-state index is 13.4. The average Bonchev–Trinajstić information content (AvgIpc) is 2.93. The number of anilines is 3. The molecule has 0 spiro atoms. The largest absolute Gasteiger partial charge is 0.487 e. The number of benzene rings is 3. The van der Waals surface area contributed by atoms with Crippen LogP contribution in [0, 0.1) is 5.82 Å². The van der Waals surface area contributed by atoms with Crippen molar-refractivity contribution >= 4 is 57.8 Å². The Morgan fingerprint density at radius 3 is 2.65 bits per heavy atom. The number of aromatic nitrogens is 2. The fourth-order valence-electron chi connectivity index (χ4n) is 3.67. The number of ether oxygens (including phenoxy) is 1. The van der Waals surface area contributed by atoms with Gasteiger partial charge in [0, 0.05) is 35.8 Å². The summed E-state index contributed by atoms with van der Waals surface area (Å²) in [6.45, 7) is 1.79. The summed E-state index contributed by atoms with van der Waals surface area (Å²) < 4.78 is 19.1. The van der Waals surface area contributed by atoms with E-state index in [1.807, 2.05) is 0 Å². The molecule has 0 aliphatic heterocycles. The molecule has 204 valence electrons. The van der Waals surface area contributed by atoms with Gasteiger partial charge in [-0.3, -0.25) is 14.4 Å². The summed E-state index contributed by atoms with van der Waals surface area (Å²) >= 11 is 6.42. The second-order valence-electron chi connectivity index (χ2n) is 8.74. The molecule has 0 unspecified atom stereocenters. The van der Waals surface area contributed by atoms with Gasteiger partial charge in [0.15, 0.2) is 0 Å². The number of fused-ring (bicyclic) bond motifs is 1. The lowest BCUT2D eigenvalue weighted by molar-refractivity contribution is -0.117. The van der Waals surface area contributed by atoms with E-state index in [4.69, 9.17) is 16.3 Å². The van der Waals surface area contributed by atoms with Crippen LogP contribution in [0.2, 0.25) is 5.02 Å². The molecule has 0 bridgehead atoms. The number of amides is 2. The number of nitrogens with one attached hydrogen (secondary N) is 3. The number of hydrogen-bond donors (Lipinski definition) is 3. The number of nitrogens with zero attached hydrogens (tertiary/aromatic N) is 2. The fourth-order valence-corrected chi connectivity index (χ4v) is 3.90. The van der Waals surface area contributed by atoms with Crippen molar-refractivity contribution in [2.75, 3.05) is 17.2 Å². The first-order valence-electron chi connectivity index (χ1n) is 12.2. The minimum absolute atomic E-state index is 0.0419. The van der Waals surface area contributed by atoms with Crippen LogP contribution in [0.1, 0.15) is 18.9 Å². The molecule has 3 aromatic carbocycles. The van der Waals surface area contributed by atoms with E-state index in [2.05, 4.69) is 25.9 Å². The molecule has 0 radical (unpaired) electrons. The summed E-state index contributed by atoms with van der Waals surface area (Å²) in [6, 6.07) is 16.5. The molecular formula is C29H25ClFN5O4. The molecule has 11 heteroatoms. The van der Waals surface area contributed by atoms with Gasteiger partial charge >= 0.3 is 0 Å². The quantitative estimate of drug-likeness (QED) is 0.167. The maximum Gasteiger partial charge on any atom is 0.244 e. The van der Waals surface area contributed by atoms with Crippen LogP contribution < -0.4 is 20.7 Å². The van der Waals surface area contributed by atoms with E-state index in [9.17, 15) is 18.8 Å². The standard InChI is InChI=1S/C29H25ClFN5O4/c1-18(15-37)11-28(39)32-10-9-27(38)35-21-5-7-25-23(13-21)29(34-17-33-25)36-22-6-8-26(24(30)14-22)40-16-19-3-2-4-20(31)12-19/h2-8,11-15,17H,9-10,16H2,1H3,(H,32,39)(H,35,38)(H,33,34,36). The van der Waals surface area contributed by atoms with E-state index >= 15 is 0 Å². The summed E-state index contributed by atoms with van der Waals surface area (Å²) in [5, 5.41) is 9.58. The molecule has 4 rings (SSSR count). The zero-order valence-electron chi connectivity index (χ0n) is 21.4. The number of aldehydes is 1. The molecule has 2 amide bonds. The fraction of sp³-hybridized carbons (Fsp3) is 0.138. The van der Waals surface area contributed by atoms with Crippen LogP contribution >= 0.6 is 11.6 Å². The molecular weight excluding hydrogens is 537 g/mol. The number of carbonyl (C=O) groups is 3. The number of carbonyl (C=O) groups excluding carboxylic acids is 3. The third-order valence-corrected chi connectivity index (χ3v) is 5.89. The Morgan fingerprint density at radius 2 is 1.88 bits per heavy atom. The lowest BCUT2D eigenvalue weighted by Crippen LogP contribution is -2.26. The van der Waals surface area contributed by atoms with Crippen molar-refractivity contribution in [1.82, 2.24) is 15.3 Å². The molecule has 0 atom stereocenters. The van der Waals surface area contributed by atoms with E-state index in [-0.39, 0.29) is 36.9 Å². The average molecular weight is 562 g/mol. The molecule has 0 aliphatic carbocycles. The maximum absolute atomic E-state index is 13.4. The molecule has 3 N–H and O–H groups in total. The number of hydrogen-bond acceptors (Lipinski definition) is 7. The van der Waals surface area contributed by atoms with Crippen LogP contribution in [-0.2, 0) is 21.0 Å². The summed E-state index contributed by atoms with van der Waals surface area (Å²) in [5.74, 6) is -0.143. The van der Waals surface area contributed by atoms with Gasteiger partial charge < -0.3 is 20.7 Å². The number of allylic oxidation sites excluding steroid dienone is 1. The topological polar surface area (TPSA) is 122 Å². The molecule has 0 saturated heterocycles. The van der Waals surface area contributed by atoms with Crippen molar-refractivity contribution in [2.24, 2.45) is 0 Å². The predicted molar refractivity (Wildman–Crippen MR) is 151 cm³/mol. The van der Waals surface area contributed by atoms with Gasteiger partial charge in [-0.1, -0.05) is 23.7 Å². The molecule has 0 aliphatic rings. The molecule has 4 aromatic rings. The monoisotopic (exact) mass is 561 g/mol. The third kappa shape index (κ3) is 7.84. The number of rotatable bonds is 11. The highest BCUT2D eigenvalue weighted by Gasteiger charge is 2.10. The van der Waals surface area contributed by atoms with E-state index in [1.54, 1.807) is 48.5 Å². The number of halogens is 2. The lowest BCUT2D eigenvalue weighted by Gasteiger charge is -2.13. The Bertz CT molecular complexity index is 1590. The Balaban J connectivity index is 1.40. The van der Waals surface area contributed by atoms with Gasteiger partial charge in [-0.05, 0) is 66.6 Å². The predicted octanol–water partition coefficient (Wildman–Crippen LogP) is 5.33. The van der Waals surface area contributed by atoms with E-state index in [0.29, 0.717) is 50.7 Å². The van der Waals surface area contributed by atoms with Gasteiger partial charge in [-0.15, -0.1) is 0 Å². The van der Waals surface area contributed by atoms with Crippen molar-refractivity contribution in [3.8, 4) is 5.75 Å². The highest BCUT2D eigenvalue weighted by molar-refractivity contribution is 6.32. The first-order valence-corrected chi connectivity index (χ1v) is 12.6. The molecule has 40 heavy (non-hydrogen) atoms. The zero-order chi connectivity index (χ0) is 28.5. The molecule has 0 saturated carbocycles. The smallest absolute Gasteiger partial charge is 0.244 e.